The summed E-state index contributed by atoms with van der Waals surface area (Å²) in [7, 11) is 0. The minimum Gasteiger partial charge on any atom is -0.338 e. The van der Waals surface area contributed by atoms with Crippen LogP contribution in [0, 0.1) is 0 Å². The van der Waals surface area contributed by atoms with Gasteiger partial charge in [-0.1, -0.05) is 37.3 Å². The molecular weight excluding hydrogens is 212 g/mol. The summed E-state index contributed by atoms with van der Waals surface area (Å²) in [6, 6.07) is 10.6. The third kappa shape index (κ3) is 2.78. The van der Waals surface area contributed by atoms with Crippen molar-refractivity contribution in [2.45, 2.75) is 32.2 Å². The molecule has 0 radical (unpaired) electrons. The maximum atomic E-state index is 12.0. The molecule has 1 N–H and O–H groups in total. The molecule has 0 aliphatic carbocycles. The Morgan fingerprint density at radius 1 is 1.41 bits per heavy atom. The van der Waals surface area contributed by atoms with Crippen molar-refractivity contribution < 1.29 is 4.79 Å². The van der Waals surface area contributed by atoms with Crippen molar-refractivity contribution in [1.29, 1.82) is 0 Å². The molecule has 0 spiro atoms. The number of likely N-dealkylation sites (tertiary alicyclic amines) is 1. The number of hydrogen-bond acceptors (Lipinski definition) is 1. The zero-order chi connectivity index (χ0) is 12.1. The van der Waals surface area contributed by atoms with Crippen molar-refractivity contribution in [3.8, 4) is 0 Å². The Hall–Kier alpha value is -1.51. The Morgan fingerprint density at radius 3 is 2.88 bits per heavy atom. The van der Waals surface area contributed by atoms with E-state index in [-0.39, 0.29) is 12.1 Å². The van der Waals surface area contributed by atoms with Gasteiger partial charge in [-0.2, -0.15) is 0 Å². The van der Waals surface area contributed by atoms with Crippen molar-refractivity contribution in [3.63, 3.8) is 0 Å². The van der Waals surface area contributed by atoms with E-state index < -0.39 is 0 Å². The average molecular weight is 232 g/mol. The number of urea groups is 1. The van der Waals surface area contributed by atoms with Gasteiger partial charge >= 0.3 is 6.03 Å². The molecule has 1 fully saturated rings. The number of hydrogen-bond donors (Lipinski definition) is 1. The summed E-state index contributed by atoms with van der Waals surface area (Å²) in [5.41, 5.74) is 1.25. The normalized spacial score (nSPS) is 19.4. The highest BCUT2D eigenvalue weighted by atomic mass is 16.2. The molecule has 0 saturated carbocycles. The topological polar surface area (TPSA) is 32.3 Å². The molecule has 1 aliphatic rings. The average Bonchev–Trinajstić information content (AvgIpc) is 2.86. The summed E-state index contributed by atoms with van der Waals surface area (Å²) in [6.07, 6.45) is 3.15. The molecule has 1 unspecified atom stereocenters. The number of nitrogens with one attached hydrogen (secondary N) is 1. The number of amides is 2. The molecular formula is C14H20N2O. The van der Waals surface area contributed by atoms with Crippen molar-refractivity contribution in [2.75, 3.05) is 13.1 Å². The minimum absolute atomic E-state index is 0.0817. The van der Waals surface area contributed by atoms with Crippen LogP contribution >= 0.6 is 0 Å². The Morgan fingerprint density at radius 2 is 2.18 bits per heavy atom. The lowest BCUT2D eigenvalue weighted by Gasteiger charge is -2.25. The molecule has 0 bridgehead atoms. The largest absolute Gasteiger partial charge is 0.338 e. The van der Waals surface area contributed by atoms with E-state index in [2.05, 4.69) is 24.4 Å². The second-order valence-electron chi connectivity index (χ2n) is 4.49. The fourth-order valence-electron chi connectivity index (χ4n) is 2.37. The maximum Gasteiger partial charge on any atom is 0.317 e. The molecule has 92 valence electrons. The van der Waals surface area contributed by atoms with Gasteiger partial charge in [0.25, 0.3) is 0 Å². The number of carbonyl (C=O) groups excluding carboxylic acids is 1. The molecule has 2 amide bonds. The van der Waals surface area contributed by atoms with Gasteiger partial charge in [-0.3, -0.25) is 0 Å². The van der Waals surface area contributed by atoms with Gasteiger partial charge in [-0.15, -0.1) is 0 Å². The summed E-state index contributed by atoms with van der Waals surface area (Å²) in [6.45, 7) is 3.70. The van der Waals surface area contributed by atoms with E-state index in [0.717, 1.165) is 32.4 Å². The first kappa shape index (κ1) is 12.0. The third-order valence-electron chi connectivity index (χ3n) is 3.22. The van der Waals surface area contributed by atoms with Gasteiger partial charge in [0.2, 0.25) is 0 Å². The van der Waals surface area contributed by atoms with Crippen LogP contribution in [0.2, 0.25) is 0 Å². The Balaban J connectivity index is 2.05. The maximum absolute atomic E-state index is 12.0. The highest BCUT2D eigenvalue weighted by Gasteiger charge is 2.29. The van der Waals surface area contributed by atoms with Crippen molar-refractivity contribution in [3.05, 3.63) is 35.9 Å². The smallest absolute Gasteiger partial charge is 0.317 e. The first-order valence-corrected chi connectivity index (χ1v) is 6.42. The van der Waals surface area contributed by atoms with Crippen LogP contribution in [0.1, 0.15) is 37.8 Å². The molecule has 17 heavy (non-hydrogen) atoms. The van der Waals surface area contributed by atoms with Crippen LogP contribution in [0.5, 0.6) is 0 Å². The summed E-state index contributed by atoms with van der Waals surface area (Å²) < 4.78 is 0. The molecule has 1 heterocycles. The van der Waals surface area contributed by atoms with Gasteiger partial charge in [0.1, 0.15) is 0 Å². The van der Waals surface area contributed by atoms with Crippen LogP contribution in [0.3, 0.4) is 0 Å². The van der Waals surface area contributed by atoms with Gasteiger partial charge in [0.15, 0.2) is 0 Å². The Bertz CT molecular complexity index is 364. The molecule has 3 nitrogen and oxygen atoms in total. The van der Waals surface area contributed by atoms with Gasteiger partial charge in [-0.25, -0.2) is 4.79 Å². The second kappa shape index (κ2) is 5.71. The van der Waals surface area contributed by atoms with E-state index in [0.29, 0.717) is 0 Å². The predicted molar refractivity (Wildman–Crippen MR) is 68.8 cm³/mol. The fourth-order valence-corrected chi connectivity index (χ4v) is 2.37. The van der Waals surface area contributed by atoms with E-state index in [1.165, 1.54) is 5.56 Å². The highest BCUT2D eigenvalue weighted by Crippen LogP contribution is 2.31. The molecule has 2 rings (SSSR count). The van der Waals surface area contributed by atoms with Gasteiger partial charge in [-0.05, 0) is 24.8 Å². The first-order chi connectivity index (χ1) is 8.33. The standard InChI is InChI=1S/C14H20N2O/c1-2-10-15-14(17)16-11-6-9-13(16)12-7-4-3-5-8-12/h3-5,7-8,13H,2,6,9-11H2,1H3,(H,15,17). The number of carbonyl (C=O) groups is 1. The lowest BCUT2D eigenvalue weighted by Crippen LogP contribution is -2.39. The highest BCUT2D eigenvalue weighted by molar-refractivity contribution is 5.75. The first-order valence-electron chi connectivity index (χ1n) is 6.42. The van der Waals surface area contributed by atoms with Gasteiger partial charge in [0.05, 0.1) is 6.04 Å². The summed E-state index contributed by atoms with van der Waals surface area (Å²) in [4.78, 5) is 14.0. The molecule has 0 aromatic heterocycles. The van der Waals surface area contributed by atoms with E-state index in [1.807, 2.05) is 23.1 Å². The van der Waals surface area contributed by atoms with Crippen molar-refractivity contribution in [2.24, 2.45) is 0 Å². The lowest BCUT2D eigenvalue weighted by molar-refractivity contribution is 0.193. The summed E-state index contributed by atoms with van der Waals surface area (Å²) >= 11 is 0. The van der Waals surface area contributed by atoms with Crippen LogP contribution in [-0.2, 0) is 0 Å². The Kier molecular flexibility index (Phi) is 4.02. The number of benzene rings is 1. The molecule has 1 aromatic rings. The fraction of sp³-hybridized carbons (Fsp3) is 0.500. The van der Waals surface area contributed by atoms with E-state index in [4.69, 9.17) is 0 Å². The monoisotopic (exact) mass is 232 g/mol. The van der Waals surface area contributed by atoms with Crippen molar-refractivity contribution in [1.82, 2.24) is 10.2 Å². The van der Waals surface area contributed by atoms with E-state index in [9.17, 15) is 4.79 Å². The third-order valence-corrected chi connectivity index (χ3v) is 3.22. The van der Waals surface area contributed by atoms with Crippen LogP contribution in [0.15, 0.2) is 30.3 Å². The van der Waals surface area contributed by atoms with Crippen LogP contribution in [0.4, 0.5) is 4.79 Å². The van der Waals surface area contributed by atoms with Crippen molar-refractivity contribution >= 4 is 6.03 Å². The number of rotatable bonds is 3. The van der Waals surface area contributed by atoms with E-state index >= 15 is 0 Å². The summed E-state index contributed by atoms with van der Waals surface area (Å²) in [5, 5.41) is 2.96. The molecule has 1 aliphatic heterocycles. The Labute approximate surface area is 103 Å². The van der Waals surface area contributed by atoms with Crippen LogP contribution in [0.25, 0.3) is 0 Å². The van der Waals surface area contributed by atoms with Crippen LogP contribution < -0.4 is 5.32 Å². The second-order valence-corrected chi connectivity index (χ2v) is 4.49. The zero-order valence-corrected chi connectivity index (χ0v) is 10.4. The minimum atomic E-state index is 0.0817. The number of nitrogens with zero attached hydrogens (tertiary/aromatic N) is 1. The SMILES string of the molecule is CCCNC(=O)N1CCCC1c1ccccc1. The predicted octanol–water partition coefficient (Wildman–Crippen LogP) is 2.94. The zero-order valence-electron chi connectivity index (χ0n) is 10.4. The molecule has 1 atom stereocenters. The van der Waals surface area contributed by atoms with E-state index in [1.54, 1.807) is 0 Å². The lowest BCUT2D eigenvalue weighted by atomic mass is 10.1. The van der Waals surface area contributed by atoms with Gasteiger partial charge in [0, 0.05) is 13.1 Å². The molecule has 1 saturated heterocycles. The van der Waals surface area contributed by atoms with Crippen LogP contribution in [-0.4, -0.2) is 24.0 Å². The molecule has 1 aromatic carbocycles. The van der Waals surface area contributed by atoms with Gasteiger partial charge < -0.3 is 10.2 Å². The summed E-state index contributed by atoms with van der Waals surface area (Å²) in [5.74, 6) is 0. The quantitative estimate of drug-likeness (QED) is 0.853. The molecule has 3 heteroatoms.